The van der Waals surface area contributed by atoms with Gasteiger partial charge in [-0.15, -0.1) is 0 Å². The fraction of sp³-hybridized carbons (Fsp3) is 0.444. The van der Waals surface area contributed by atoms with Gasteiger partial charge in [0, 0.05) is 31.7 Å². The molecule has 2 N–H and O–H groups in total. The van der Waals surface area contributed by atoms with E-state index in [0.29, 0.717) is 18.7 Å². The summed E-state index contributed by atoms with van der Waals surface area (Å²) in [5.41, 5.74) is 1.59. The van der Waals surface area contributed by atoms with Gasteiger partial charge in [-0.2, -0.15) is 0 Å². The lowest BCUT2D eigenvalue weighted by Gasteiger charge is -2.32. The molecule has 0 aliphatic carbocycles. The Bertz CT molecular complexity index is 649. The number of piperidine rings is 1. The van der Waals surface area contributed by atoms with Crippen LogP contribution >= 0.6 is 0 Å². The number of benzene rings is 1. The molecule has 1 saturated heterocycles. The first-order chi connectivity index (χ1) is 11.7. The largest absolute Gasteiger partial charge is 0.488 e. The molecule has 2 heterocycles. The lowest BCUT2D eigenvalue weighted by atomic mass is 10.0. The molecule has 2 aliphatic heterocycles. The van der Waals surface area contributed by atoms with Crippen LogP contribution < -0.4 is 15.4 Å². The maximum absolute atomic E-state index is 12.4. The minimum atomic E-state index is -0.0609. The van der Waals surface area contributed by atoms with Crippen molar-refractivity contribution in [3.63, 3.8) is 0 Å². The second-order valence-corrected chi connectivity index (χ2v) is 6.19. The molecule has 1 aromatic carbocycles. The first-order valence-corrected chi connectivity index (χ1v) is 8.32. The minimum absolute atomic E-state index is 0.0284. The van der Waals surface area contributed by atoms with E-state index in [2.05, 4.69) is 15.5 Å². The predicted molar refractivity (Wildman–Crippen MR) is 91.6 cm³/mol. The summed E-state index contributed by atoms with van der Waals surface area (Å²) in [7, 11) is 1.65. The number of amides is 2. The van der Waals surface area contributed by atoms with Crippen LogP contribution in [0.3, 0.4) is 0 Å². The summed E-state index contributed by atoms with van der Waals surface area (Å²) < 4.78 is 5.64. The summed E-state index contributed by atoms with van der Waals surface area (Å²) in [6.07, 6.45) is 3.61. The second-order valence-electron chi connectivity index (χ2n) is 6.19. The number of hydrogen-bond acceptors (Lipinski definition) is 4. The first kappa shape index (κ1) is 16.5. The van der Waals surface area contributed by atoms with Gasteiger partial charge < -0.3 is 15.4 Å². The van der Waals surface area contributed by atoms with E-state index in [0.717, 1.165) is 37.2 Å². The number of hydrogen-bond donors (Lipinski definition) is 2. The van der Waals surface area contributed by atoms with E-state index in [1.54, 1.807) is 7.05 Å². The van der Waals surface area contributed by atoms with Crippen molar-refractivity contribution in [1.29, 1.82) is 0 Å². The molecule has 0 bridgehead atoms. The highest BCUT2D eigenvalue weighted by Crippen LogP contribution is 2.25. The van der Waals surface area contributed by atoms with Crippen LogP contribution in [0.25, 0.3) is 6.08 Å². The molecular formula is C18H23N3O3. The monoisotopic (exact) mass is 329 g/mol. The van der Waals surface area contributed by atoms with E-state index < -0.39 is 0 Å². The van der Waals surface area contributed by atoms with Crippen molar-refractivity contribution < 1.29 is 14.3 Å². The molecule has 0 atom stereocenters. The van der Waals surface area contributed by atoms with Crippen molar-refractivity contribution in [3.8, 4) is 5.75 Å². The third kappa shape index (κ3) is 3.94. The molecule has 3 rings (SSSR count). The van der Waals surface area contributed by atoms with E-state index in [1.807, 2.05) is 30.3 Å². The lowest BCUT2D eigenvalue weighted by molar-refractivity contribution is -0.122. The molecule has 6 heteroatoms. The molecule has 1 aromatic rings. The molecule has 0 radical (unpaired) electrons. The third-order valence-electron chi connectivity index (χ3n) is 4.49. The Balaban J connectivity index is 1.52. The molecule has 0 spiro atoms. The van der Waals surface area contributed by atoms with Gasteiger partial charge in [0.2, 0.25) is 5.91 Å². The molecular weight excluding hydrogens is 306 g/mol. The van der Waals surface area contributed by atoms with Gasteiger partial charge in [0.1, 0.15) is 12.4 Å². The van der Waals surface area contributed by atoms with Crippen LogP contribution in [-0.2, 0) is 9.59 Å². The van der Waals surface area contributed by atoms with Gasteiger partial charge in [-0.1, -0.05) is 18.2 Å². The van der Waals surface area contributed by atoms with Crippen LogP contribution in [-0.4, -0.2) is 56.0 Å². The number of carbonyl (C=O) groups excluding carboxylic acids is 2. The van der Waals surface area contributed by atoms with Crippen molar-refractivity contribution in [1.82, 2.24) is 15.5 Å². The Kier molecular flexibility index (Phi) is 5.15. The fourth-order valence-corrected chi connectivity index (χ4v) is 3.04. The van der Waals surface area contributed by atoms with E-state index >= 15 is 0 Å². The Morgan fingerprint density at radius 1 is 1.25 bits per heavy atom. The minimum Gasteiger partial charge on any atom is -0.488 e. The number of ether oxygens (including phenoxy) is 1. The molecule has 0 unspecified atom stereocenters. The Labute approximate surface area is 141 Å². The van der Waals surface area contributed by atoms with E-state index in [9.17, 15) is 9.59 Å². The van der Waals surface area contributed by atoms with Gasteiger partial charge in [0.25, 0.3) is 5.91 Å². The molecule has 128 valence electrons. The highest BCUT2D eigenvalue weighted by Gasteiger charge is 2.24. The molecule has 0 aromatic heterocycles. The maximum Gasteiger partial charge on any atom is 0.250 e. The number of fused-ring (bicyclic) bond motifs is 1. The van der Waals surface area contributed by atoms with Crippen LogP contribution in [0.15, 0.2) is 29.8 Å². The number of nitrogens with one attached hydrogen (secondary N) is 2. The number of likely N-dealkylation sites (N-methyl/N-ethyl adjacent to an activating group) is 1. The Morgan fingerprint density at radius 3 is 2.75 bits per heavy atom. The zero-order chi connectivity index (χ0) is 16.9. The number of likely N-dealkylation sites (tertiary alicyclic amines) is 1. The van der Waals surface area contributed by atoms with Crippen LogP contribution in [0.2, 0.25) is 0 Å². The third-order valence-corrected chi connectivity index (χ3v) is 4.49. The maximum atomic E-state index is 12.4. The van der Waals surface area contributed by atoms with E-state index in [-0.39, 0.29) is 17.9 Å². The van der Waals surface area contributed by atoms with Gasteiger partial charge in [-0.05, 0) is 25.0 Å². The standard InChI is InChI=1S/C18H23N3O3/c1-19-17(22)11-21-8-6-15(7-9-21)20-18(23)14-10-13-4-2-3-5-16(13)24-12-14/h2-5,10,15H,6-9,11-12H2,1H3,(H,19,22)(H,20,23). The van der Waals surface area contributed by atoms with Gasteiger partial charge in [0.05, 0.1) is 12.1 Å². The Hall–Kier alpha value is -2.34. The number of para-hydroxylation sites is 1. The zero-order valence-corrected chi connectivity index (χ0v) is 13.9. The molecule has 0 saturated carbocycles. The summed E-state index contributed by atoms with van der Waals surface area (Å²) >= 11 is 0. The summed E-state index contributed by atoms with van der Waals surface area (Å²) in [6.45, 7) is 2.36. The van der Waals surface area contributed by atoms with Crippen LogP contribution in [0.4, 0.5) is 0 Å². The molecule has 2 aliphatic rings. The van der Waals surface area contributed by atoms with Gasteiger partial charge in [-0.25, -0.2) is 0 Å². The summed E-state index contributed by atoms with van der Waals surface area (Å²) in [6, 6.07) is 7.85. The second kappa shape index (κ2) is 7.49. The van der Waals surface area contributed by atoms with Crippen molar-refractivity contribution in [2.75, 3.05) is 33.3 Å². The Morgan fingerprint density at radius 2 is 2.00 bits per heavy atom. The first-order valence-electron chi connectivity index (χ1n) is 8.32. The zero-order valence-electron chi connectivity index (χ0n) is 13.9. The quantitative estimate of drug-likeness (QED) is 0.857. The highest BCUT2D eigenvalue weighted by atomic mass is 16.5. The summed E-state index contributed by atoms with van der Waals surface area (Å²) in [5.74, 6) is 0.784. The van der Waals surface area contributed by atoms with Crippen molar-refractivity contribution in [2.24, 2.45) is 0 Å². The molecule has 6 nitrogen and oxygen atoms in total. The predicted octanol–water partition coefficient (Wildman–Crippen LogP) is 0.789. The van der Waals surface area contributed by atoms with Gasteiger partial charge in [0.15, 0.2) is 0 Å². The van der Waals surface area contributed by atoms with Crippen LogP contribution in [0, 0.1) is 0 Å². The van der Waals surface area contributed by atoms with E-state index in [1.165, 1.54) is 0 Å². The van der Waals surface area contributed by atoms with Crippen LogP contribution in [0.5, 0.6) is 5.75 Å². The summed E-state index contributed by atoms with van der Waals surface area (Å²) in [5, 5.41) is 5.73. The van der Waals surface area contributed by atoms with Crippen LogP contribution in [0.1, 0.15) is 18.4 Å². The van der Waals surface area contributed by atoms with Crippen molar-refractivity contribution >= 4 is 17.9 Å². The smallest absolute Gasteiger partial charge is 0.250 e. The fourth-order valence-electron chi connectivity index (χ4n) is 3.04. The number of rotatable bonds is 4. The number of carbonyl (C=O) groups is 2. The summed E-state index contributed by atoms with van der Waals surface area (Å²) in [4.78, 5) is 26.0. The SMILES string of the molecule is CNC(=O)CN1CCC(NC(=O)C2=Cc3ccccc3OC2)CC1. The van der Waals surface area contributed by atoms with E-state index in [4.69, 9.17) is 4.74 Å². The lowest BCUT2D eigenvalue weighted by Crippen LogP contribution is -2.47. The molecule has 24 heavy (non-hydrogen) atoms. The number of nitrogens with zero attached hydrogens (tertiary/aromatic N) is 1. The van der Waals surface area contributed by atoms with Crippen molar-refractivity contribution in [2.45, 2.75) is 18.9 Å². The normalized spacial score (nSPS) is 18.1. The van der Waals surface area contributed by atoms with Crippen molar-refractivity contribution in [3.05, 3.63) is 35.4 Å². The van der Waals surface area contributed by atoms with Gasteiger partial charge in [-0.3, -0.25) is 14.5 Å². The molecule has 2 amide bonds. The average Bonchev–Trinajstić information content (AvgIpc) is 2.62. The highest BCUT2D eigenvalue weighted by molar-refractivity contribution is 5.99. The average molecular weight is 329 g/mol. The topological polar surface area (TPSA) is 70.7 Å². The molecule has 1 fully saturated rings. The van der Waals surface area contributed by atoms with Gasteiger partial charge >= 0.3 is 0 Å².